The molecule has 6 rings (SSSR count). The molecule has 9 heteroatoms. The highest BCUT2D eigenvalue weighted by molar-refractivity contribution is 7.89. The molecule has 6 atom stereocenters. The van der Waals surface area contributed by atoms with Crippen molar-refractivity contribution in [2.24, 2.45) is 28.6 Å². The predicted molar refractivity (Wildman–Crippen MR) is 194 cm³/mol. The normalized spacial score (nSPS) is 27.2. The lowest BCUT2D eigenvalue weighted by Crippen LogP contribution is -2.61. The Bertz CT molecular complexity index is 1570. The van der Waals surface area contributed by atoms with Crippen LogP contribution in [0.1, 0.15) is 89.5 Å². The molecule has 2 N–H and O–H groups in total. The second-order valence-corrected chi connectivity index (χ2v) is 19.3. The van der Waals surface area contributed by atoms with Gasteiger partial charge >= 0.3 is 0 Å². The Morgan fingerprint density at radius 3 is 2.44 bits per heavy atom. The molecule has 0 spiro atoms. The van der Waals surface area contributed by atoms with Gasteiger partial charge in [0.2, 0.25) is 15.9 Å². The first-order valence-corrected chi connectivity index (χ1v) is 19.5. The van der Waals surface area contributed by atoms with E-state index < -0.39 is 16.1 Å². The highest BCUT2D eigenvalue weighted by atomic mass is 32.2. The number of hydrogen-bond acceptors (Lipinski definition) is 6. The second-order valence-electron chi connectivity index (χ2n) is 17.3. The van der Waals surface area contributed by atoms with E-state index in [2.05, 4.69) is 89.0 Å². The van der Waals surface area contributed by atoms with Gasteiger partial charge in [0, 0.05) is 43.8 Å². The molecular formula is C39H60N4O4S. The third kappa shape index (κ3) is 8.28. The fraction of sp³-hybridized carbons (Fsp3) is 0.667. The molecule has 1 aliphatic heterocycles. The highest BCUT2D eigenvalue weighted by Crippen LogP contribution is 2.61. The first-order chi connectivity index (χ1) is 22.3. The quantitative estimate of drug-likeness (QED) is 0.279. The Balaban J connectivity index is 1.35. The molecule has 1 heterocycles. The molecule has 3 aliphatic carbocycles. The van der Waals surface area contributed by atoms with E-state index in [-0.39, 0.29) is 35.7 Å². The monoisotopic (exact) mass is 680 g/mol. The molecule has 2 aromatic rings. The van der Waals surface area contributed by atoms with Gasteiger partial charge in [-0.1, -0.05) is 83.5 Å². The van der Waals surface area contributed by atoms with Gasteiger partial charge in [0.15, 0.2) is 0 Å². The number of benzene rings is 2. The minimum atomic E-state index is -3.56. The second kappa shape index (κ2) is 14.0. The maximum Gasteiger partial charge on any atom is 0.238 e. The Labute approximate surface area is 290 Å². The Morgan fingerprint density at radius 1 is 1.08 bits per heavy atom. The molecule has 4 aliphatic rings. The van der Waals surface area contributed by atoms with Crippen LogP contribution < -0.4 is 5.32 Å². The highest BCUT2D eigenvalue weighted by Gasteiger charge is 2.56. The van der Waals surface area contributed by atoms with E-state index in [1.165, 1.54) is 10.7 Å². The smallest absolute Gasteiger partial charge is 0.238 e. The van der Waals surface area contributed by atoms with Crippen molar-refractivity contribution in [2.45, 2.75) is 112 Å². The van der Waals surface area contributed by atoms with Gasteiger partial charge in [-0.25, -0.2) is 8.42 Å². The molecular weight excluding hydrogens is 621 g/mol. The zero-order valence-electron chi connectivity index (χ0n) is 30.8. The number of rotatable bonds is 12. The van der Waals surface area contributed by atoms with Crippen LogP contribution in [0.2, 0.25) is 0 Å². The average Bonchev–Trinajstić information content (AvgIpc) is 3.27. The van der Waals surface area contributed by atoms with Crippen LogP contribution in [0, 0.1) is 35.5 Å². The number of aromatic hydroxyl groups is 1. The fourth-order valence-electron chi connectivity index (χ4n) is 8.86. The van der Waals surface area contributed by atoms with Crippen molar-refractivity contribution >= 4 is 15.9 Å². The molecule has 1 saturated heterocycles. The van der Waals surface area contributed by atoms with Crippen LogP contribution >= 0.6 is 0 Å². The number of likely N-dealkylation sites (N-methyl/N-ethyl adjacent to an activating group) is 1. The molecule has 1 unspecified atom stereocenters. The number of sulfonamides is 1. The van der Waals surface area contributed by atoms with E-state index in [1.807, 2.05) is 25.1 Å². The molecule has 0 aromatic heterocycles. The summed E-state index contributed by atoms with van der Waals surface area (Å²) in [6, 6.07) is 13.5. The standard InChI is InChI=1S/C39H60N4O4S/c1-26-13-14-36(44)30(17-26)24-42(32(25-41(8)9)21-38(3,4)5)22-28-11-10-12-29(18-28)23-43-35(15-16-48(43,46)47)37(45)40-34-20-31-19-33(27(34)2)39(31,6)7/h10-14,17-18,27,31-35,44H,15-16,19-25H2,1-9H3,(H,40,45)/t27-,31-,32-,33+,34-,35?/m0/s1. The van der Waals surface area contributed by atoms with Crippen molar-refractivity contribution in [3.05, 3.63) is 64.7 Å². The number of aryl methyl sites for hydroxylation is 1. The largest absolute Gasteiger partial charge is 0.508 e. The van der Waals surface area contributed by atoms with Gasteiger partial charge in [-0.3, -0.25) is 9.69 Å². The van der Waals surface area contributed by atoms with Gasteiger partial charge in [0.25, 0.3) is 0 Å². The summed E-state index contributed by atoms with van der Waals surface area (Å²) in [4.78, 5) is 18.4. The minimum Gasteiger partial charge on any atom is -0.508 e. The summed E-state index contributed by atoms with van der Waals surface area (Å²) in [6.45, 7) is 18.0. The maximum atomic E-state index is 13.7. The summed E-state index contributed by atoms with van der Waals surface area (Å²) >= 11 is 0. The van der Waals surface area contributed by atoms with E-state index in [4.69, 9.17) is 0 Å². The number of carbonyl (C=O) groups excluding carboxylic acids is 1. The number of amides is 1. The number of carbonyl (C=O) groups is 1. The molecule has 4 fully saturated rings. The number of phenolic OH excluding ortho intramolecular Hbond substituents is 1. The van der Waals surface area contributed by atoms with Crippen molar-refractivity contribution in [3.8, 4) is 5.75 Å². The number of fused-ring (bicyclic) bond motifs is 2. The minimum absolute atomic E-state index is 0.00391. The number of nitrogens with zero attached hydrogens (tertiary/aromatic N) is 3. The molecule has 2 aromatic carbocycles. The lowest BCUT2D eigenvalue weighted by atomic mass is 9.45. The summed E-state index contributed by atoms with van der Waals surface area (Å²) in [5.41, 5.74) is 4.38. The van der Waals surface area contributed by atoms with Gasteiger partial charge in [0.1, 0.15) is 11.8 Å². The van der Waals surface area contributed by atoms with Gasteiger partial charge in [-0.15, -0.1) is 0 Å². The molecule has 0 radical (unpaired) electrons. The summed E-state index contributed by atoms with van der Waals surface area (Å²) in [7, 11) is 0.636. The van der Waals surface area contributed by atoms with Crippen LogP contribution in [0.15, 0.2) is 42.5 Å². The summed E-state index contributed by atoms with van der Waals surface area (Å²) in [6.07, 6.45) is 3.49. The Kier molecular flexibility index (Phi) is 10.8. The zero-order chi connectivity index (χ0) is 35.2. The topological polar surface area (TPSA) is 93.2 Å². The van der Waals surface area contributed by atoms with E-state index in [9.17, 15) is 18.3 Å². The SMILES string of the molecule is Cc1ccc(O)c(CN(Cc2cccc(CN3C(C(=O)N[C@H]4C[C@@H]5C[C@H]([C@@H]4C)C5(C)C)CCS3(=O)=O)c2)[C@H](CN(C)C)CC(C)(C)C)c1. The maximum absolute atomic E-state index is 13.7. The number of nitrogens with one attached hydrogen (secondary N) is 1. The van der Waals surface area contributed by atoms with Crippen LogP contribution in [-0.4, -0.2) is 78.1 Å². The summed E-state index contributed by atoms with van der Waals surface area (Å²) in [5, 5.41) is 14.1. The van der Waals surface area contributed by atoms with E-state index in [1.54, 1.807) is 6.07 Å². The summed E-state index contributed by atoms with van der Waals surface area (Å²) < 4.78 is 28.1. The summed E-state index contributed by atoms with van der Waals surface area (Å²) in [5.74, 6) is 1.74. The molecule has 48 heavy (non-hydrogen) atoms. The van der Waals surface area contributed by atoms with Gasteiger partial charge in [-0.2, -0.15) is 4.31 Å². The lowest BCUT2D eigenvalue weighted by Gasteiger charge is -2.62. The van der Waals surface area contributed by atoms with Crippen molar-refractivity contribution in [3.63, 3.8) is 0 Å². The van der Waals surface area contributed by atoms with Crippen molar-refractivity contribution in [1.29, 1.82) is 0 Å². The molecule has 8 nitrogen and oxygen atoms in total. The molecule has 266 valence electrons. The van der Waals surface area contributed by atoms with Crippen LogP contribution in [0.3, 0.4) is 0 Å². The molecule has 3 saturated carbocycles. The first kappa shape index (κ1) is 36.8. The number of phenols is 1. The Hall–Kier alpha value is -2.46. The lowest BCUT2D eigenvalue weighted by molar-refractivity contribution is -0.136. The van der Waals surface area contributed by atoms with Crippen molar-refractivity contribution < 1.29 is 18.3 Å². The van der Waals surface area contributed by atoms with Crippen LogP contribution in [0.5, 0.6) is 5.75 Å². The van der Waals surface area contributed by atoms with Crippen molar-refractivity contribution in [2.75, 3.05) is 26.4 Å². The first-order valence-electron chi connectivity index (χ1n) is 17.9. The predicted octanol–water partition coefficient (Wildman–Crippen LogP) is 6.16. The van der Waals surface area contributed by atoms with Gasteiger partial charge in [-0.05, 0) is 92.5 Å². The third-order valence-electron chi connectivity index (χ3n) is 11.6. The van der Waals surface area contributed by atoms with E-state index in [0.29, 0.717) is 48.4 Å². The van der Waals surface area contributed by atoms with Gasteiger partial charge < -0.3 is 15.3 Å². The van der Waals surface area contributed by atoms with Crippen LogP contribution in [0.4, 0.5) is 0 Å². The van der Waals surface area contributed by atoms with Crippen molar-refractivity contribution in [1.82, 2.24) is 19.4 Å². The number of hydrogen-bond donors (Lipinski definition) is 2. The van der Waals surface area contributed by atoms with Gasteiger partial charge in [0.05, 0.1) is 5.75 Å². The van der Waals surface area contributed by atoms with Crippen LogP contribution in [-0.2, 0) is 34.5 Å². The van der Waals surface area contributed by atoms with E-state index in [0.717, 1.165) is 41.6 Å². The average molecular weight is 681 g/mol. The fourth-order valence-corrected chi connectivity index (χ4v) is 10.5. The zero-order valence-corrected chi connectivity index (χ0v) is 31.6. The van der Waals surface area contributed by atoms with Crippen LogP contribution in [0.25, 0.3) is 0 Å². The Morgan fingerprint density at radius 2 is 1.79 bits per heavy atom. The third-order valence-corrected chi connectivity index (χ3v) is 13.5. The molecule has 1 amide bonds. The van der Waals surface area contributed by atoms with E-state index >= 15 is 0 Å². The molecule has 2 bridgehead atoms.